The van der Waals surface area contributed by atoms with Gasteiger partial charge in [-0.3, -0.25) is 4.79 Å². The predicted octanol–water partition coefficient (Wildman–Crippen LogP) is 1.68. The van der Waals surface area contributed by atoms with Gasteiger partial charge in [0.05, 0.1) is 17.6 Å². The van der Waals surface area contributed by atoms with Crippen LogP contribution < -0.4 is 15.2 Å². The predicted molar refractivity (Wildman–Crippen MR) is 111 cm³/mol. The van der Waals surface area contributed by atoms with E-state index in [0.717, 1.165) is 25.9 Å². The van der Waals surface area contributed by atoms with E-state index in [4.69, 9.17) is 10.5 Å². The number of ether oxygens (including phenoxy) is 1. The van der Waals surface area contributed by atoms with Gasteiger partial charge in [0.1, 0.15) is 5.75 Å². The molecule has 0 aliphatic carbocycles. The monoisotopic (exact) mass is 427 g/mol. The molecule has 0 saturated carbocycles. The Kier molecular flexibility index (Phi) is 7.25. The zero-order valence-corrected chi connectivity index (χ0v) is 17.9. The number of nitrogens with zero attached hydrogens (tertiary/aromatic N) is 1. The Morgan fingerprint density at radius 3 is 2.54 bits per heavy atom. The highest BCUT2D eigenvalue weighted by atomic mass is 32.2. The molecule has 2 fully saturated rings. The molecule has 156 valence electrons. The van der Waals surface area contributed by atoms with Gasteiger partial charge in [-0.1, -0.05) is 0 Å². The number of likely N-dealkylation sites (tertiary alicyclic amines) is 1. The summed E-state index contributed by atoms with van der Waals surface area (Å²) in [5, 5.41) is 0. The van der Waals surface area contributed by atoms with E-state index in [1.165, 1.54) is 49.7 Å². The van der Waals surface area contributed by atoms with Gasteiger partial charge in [0.15, 0.2) is 0 Å². The summed E-state index contributed by atoms with van der Waals surface area (Å²) in [4.78, 5) is 14.2. The van der Waals surface area contributed by atoms with E-state index in [2.05, 4.69) is 9.62 Å². The van der Waals surface area contributed by atoms with Crippen LogP contribution in [0.25, 0.3) is 0 Å². The molecule has 0 aromatic heterocycles. The fourth-order valence-corrected chi connectivity index (χ4v) is 6.15. The number of primary amides is 1. The van der Waals surface area contributed by atoms with Gasteiger partial charge in [-0.15, -0.1) is 0 Å². The number of hydrogen-bond donors (Lipinski definition) is 2. The molecule has 3 rings (SSSR count). The van der Waals surface area contributed by atoms with Crippen LogP contribution in [0.3, 0.4) is 0 Å². The Morgan fingerprint density at radius 1 is 1.25 bits per heavy atom. The molecule has 28 heavy (non-hydrogen) atoms. The number of benzene rings is 1. The number of amides is 1. The molecule has 7 nitrogen and oxygen atoms in total. The Morgan fingerprint density at radius 2 is 1.93 bits per heavy atom. The van der Waals surface area contributed by atoms with Crippen LogP contribution in [0.1, 0.15) is 36.0 Å². The van der Waals surface area contributed by atoms with Gasteiger partial charge in [-0.2, -0.15) is 11.8 Å². The van der Waals surface area contributed by atoms with Crippen LogP contribution in [0.4, 0.5) is 0 Å². The third-order valence-electron chi connectivity index (χ3n) is 5.67. The van der Waals surface area contributed by atoms with Crippen molar-refractivity contribution >= 4 is 27.7 Å². The highest BCUT2D eigenvalue weighted by molar-refractivity contribution is 7.99. The van der Waals surface area contributed by atoms with E-state index in [1.807, 2.05) is 11.8 Å². The average Bonchev–Trinajstić information content (AvgIpc) is 2.72. The van der Waals surface area contributed by atoms with Gasteiger partial charge in [0.25, 0.3) is 5.91 Å². The van der Waals surface area contributed by atoms with Gasteiger partial charge in [-0.25, -0.2) is 13.1 Å². The van der Waals surface area contributed by atoms with Gasteiger partial charge in [0, 0.05) is 12.6 Å². The Hall–Kier alpha value is -1.29. The molecule has 2 heterocycles. The topological polar surface area (TPSA) is 102 Å². The SMILES string of the molecule is COc1ccc(S(=O)(=O)NCC2CCN(C3CCSCC3)CC2)cc1C(N)=O. The van der Waals surface area contributed by atoms with Crippen molar-refractivity contribution in [2.75, 3.05) is 38.2 Å². The maximum Gasteiger partial charge on any atom is 0.252 e. The summed E-state index contributed by atoms with van der Waals surface area (Å²) < 4.78 is 33.1. The van der Waals surface area contributed by atoms with Gasteiger partial charge in [0.2, 0.25) is 10.0 Å². The third kappa shape index (κ3) is 5.20. The normalized spacial score (nSPS) is 20.2. The van der Waals surface area contributed by atoms with E-state index in [1.54, 1.807) is 0 Å². The van der Waals surface area contributed by atoms with Crippen molar-refractivity contribution in [1.82, 2.24) is 9.62 Å². The second kappa shape index (κ2) is 9.47. The van der Waals surface area contributed by atoms with Gasteiger partial charge >= 0.3 is 0 Å². The van der Waals surface area contributed by atoms with Crippen molar-refractivity contribution in [3.8, 4) is 5.75 Å². The molecule has 0 spiro atoms. The molecule has 1 aromatic carbocycles. The molecule has 0 atom stereocenters. The van der Waals surface area contributed by atoms with Crippen LogP contribution >= 0.6 is 11.8 Å². The first-order valence-corrected chi connectivity index (χ1v) is 12.3. The number of nitrogens with one attached hydrogen (secondary N) is 1. The van der Waals surface area contributed by atoms with Gasteiger partial charge < -0.3 is 15.4 Å². The number of rotatable bonds is 7. The fourth-order valence-electron chi connectivity index (χ4n) is 3.93. The van der Waals surface area contributed by atoms with E-state index in [-0.39, 0.29) is 16.2 Å². The van der Waals surface area contributed by atoms with Gasteiger partial charge in [-0.05, 0) is 74.4 Å². The number of hydrogen-bond acceptors (Lipinski definition) is 6. The number of piperidine rings is 1. The largest absolute Gasteiger partial charge is 0.496 e. The van der Waals surface area contributed by atoms with E-state index in [9.17, 15) is 13.2 Å². The smallest absolute Gasteiger partial charge is 0.252 e. The lowest BCUT2D eigenvalue weighted by Crippen LogP contribution is -2.44. The van der Waals surface area contributed by atoms with Crippen molar-refractivity contribution < 1.29 is 17.9 Å². The van der Waals surface area contributed by atoms with Crippen LogP contribution in [-0.4, -0.2) is 63.5 Å². The molecule has 1 aromatic rings. The van der Waals surface area contributed by atoms with E-state index in [0.29, 0.717) is 18.5 Å². The third-order valence-corrected chi connectivity index (χ3v) is 8.14. The standard InChI is InChI=1S/C19H29N3O4S2/c1-26-18-3-2-16(12-17(18)19(20)23)28(24,25)21-13-14-4-8-22(9-5-14)15-6-10-27-11-7-15/h2-3,12,14-15,21H,4-11,13H2,1H3,(H2,20,23). The first-order valence-electron chi connectivity index (χ1n) is 9.70. The second-order valence-corrected chi connectivity index (χ2v) is 10.4. The molecule has 2 aliphatic rings. The lowest BCUT2D eigenvalue weighted by atomic mass is 9.95. The van der Waals surface area contributed by atoms with Crippen molar-refractivity contribution in [2.24, 2.45) is 11.7 Å². The fraction of sp³-hybridized carbons (Fsp3) is 0.632. The maximum atomic E-state index is 12.6. The molecule has 2 aliphatic heterocycles. The summed E-state index contributed by atoms with van der Waals surface area (Å²) in [6.45, 7) is 2.49. The minimum absolute atomic E-state index is 0.0271. The molecular weight excluding hydrogens is 398 g/mol. The highest BCUT2D eigenvalue weighted by Gasteiger charge is 2.27. The number of sulfonamides is 1. The number of carbonyl (C=O) groups is 1. The number of carbonyl (C=O) groups excluding carboxylic acids is 1. The summed E-state index contributed by atoms with van der Waals surface area (Å²) >= 11 is 2.04. The molecule has 1 amide bonds. The molecule has 2 saturated heterocycles. The van der Waals surface area contributed by atoms with Crippen molar-refractivity contribution in [1.29, 1.82) is 0 Å². The zero-order chi connectivity index (χ0) is 20.1. The molecule has 0 bridgehead atoms. The summed E-state index contributed by atoms with van der Waals surface area (Å²) in [6, 6.07) is 4.85. The first-order chi connectivity index (χ1) is 13.4. The minimum Gasteiger partial charge on any atom is -0.496 e. The minimum atomic E-state index is -3.70. The lowest BCUT2D eigenvalue weighted by molar-refractivity contribution is 0.0997. The molecular formula is C19H29N3O4S2. The van der Waals surface area contributed by atoms with E-state index < -0.39 is 15.9 Å². The lowest BCUT2D eigenvalue weighted by Gasteiger charge is -2.39. The molecule has 0 unspecified atom stereocenters. The average molecular weight is 428 g/mol. The maximum absolute atomic E-state index is 12.6. The highest BCUT2D eigenvalue weighted by Crippen LogP contribution is 2.27. The number of nitrogens with two attached hydrogens (primary N) is 1. The molecule has 9 heteroatoms. The summed E-state index contributed by atoms with van der Waals surface area (Å²) in [6.07, 6.45) is 4.53. The van der Waals surface area contributed by atoms with E-state index >= 15 is 0 Å². The molecule has 0 radical (unpaired) electrons. The van der Waals surface area contributed by atoms with Crippen LogP contribution in [0.2, 0.25) is 0 Å². The van der Waals surface area contributed by atoms with Crippen LogP contribution in [0, 0.1) is 5.92 Å². The zero-order valence-electron chi connectivity index (χ0n) is 16.2. The van der Waals surface area contributed by atoms with Crippen LogP contribution in [0.15, 0.2) is 23.1 Å². The van der Waals surface area contributed by atoms with Crippen LogP contribution in [0.5, 0.6) is 5.75 Å². The number of thioether (sulfide) groups is 1. The van der Waals surface area contributed by atoms with Crippen molar-refractivity contribution in [3.05, 3.63) is 23.8 Å². The Balaban J connectivity index is 1.55. The van der Waals surface area contributed by atoms with Crippen molar-refractivity contribution in [2.45, 2.75) is 36.6 Å². The van der Waals surface area contributed by atoms with Crippen LogP contribution in [-0.2, 0) is 10.0 Å². The summed E-state index contributed by atoms with van der Waals surface area (Å²) in [5.74, 6) is 2.37. The Labute approximate surface area is 171 Å². The summed E-state index contributed by atoms with van der Waals surface area (Å²) in [5.41, 5.74) is 5.39. The Bertz CT molecular complexity index is 786. The number of methoxy groups -OCH3 is 1. The quantitative estimate of drug-likeness (QED) is 0.686. The first kappa shape index (κ1) is 21.4. The van der Waals surface area contributed by atoms with Crippen molar-refractivity contribution in [3.63, 3.8) is 0 Å². The summed E-state index contributed by atoms with van der Waals surface area (Å²) in [7, 11) is -2.29. The second-order valence-electron chi connectivity index (χ2n) is 7.40. The molecule has 3 N–H and O–H groups in total.